The van der Waals surface area contributed by atoms with Crippen LogP contribution in [0.1, 0.15) is 30.7 Å². The molecule has 1 unspecified atom stereocenters. The van der Waals surface area contributed by atoms with Crippen molar-refractivity contribution in [2.75, 3.05) is 11.5 Å². The second-order valence-corrected chi connectivity index (χ2v) is 6.83. The van der Waals surface area contributed by atoms with Gasteiger partial charge in [0.05, 0.1) is 12.3 Å². The van der Waals surface area contributed by atoms with E-state index in [4.69, 9.17) is 9.84 Å². The number of fused-ring (bicyclic) bond motifs is 1. The minimum absolute atomic E-state index is 0.0249. The van der Waals surface area contributed by atoms with Crippen LogP contribution in [0.4, 0.5) is 5.69 Å². The lowest BCUT2D eigenvalue weighted by Gasteiger charge is -2.25. The maximum absolute atomic E-state index is 12.2. The molecule has 25 heavy (non-hydrogen) atoms. The predicted octanol–water partition coefficient (Wildman–Crippen LogP) is 4.09. The molecule has 0 saturated heterocycles. The van der Waals surface area contributed by atoms with Crippen LogP contribution in [-0.4, -0.2) is 23.6 Å². The van der Waals surface area contributed by atoms with Crippen molar-refractivity contribution in [3.05, 3.63) is 54.1 Å². The first-order chi connectivity index (χ1) is 12.1. The van der Waals surface area contributed by atoms with Gasteiger partial charge in [0.2, 0.25) is 5.91 Å². The number of anilines is 1. The largest absolute Gasteiger partial charge is 0.493 e. The minimum Gasteiger partial charge on any atom is -0.493 e. The van der Waals surface area contributed by atoms with Crippen molar-refractivity contribution in [1.82, 2.24) is 0 Å². The van der Waals surface area contributed by atoms with Crippen molar-refractivity contribution >= 4 is 29.3 Å². The molecule has 1 heterocycles. The number of hydrogen-bond donors (Lipinski definition) is 1. The molecule has 0 fully saturated rings. The Bertz CT molecular complexity index is 792. The number of carboxylic acid groups (broad SMARTS) is 1. The average molecular weight is 357 g/mol. The number of carbonyl (C=O) groups excluding carboxylic acids is 1. The predicted molar refractivity (Wildman–Crippen MR) is 97.0 cm³/mol. The van der Waals surface area contributed by atoms with Gasteiger partial charge in [-0.15, -0.1) is 0 Å². The lowest BCUT2D eigenvalue weighted by atomic mass is 10.1. The Morgan fingerprint density at radius 3 is 2.64 bits per heavy atom. The van der Waals surface area contributed by atoms with E-state index in [0.717, 1.165) is 16.1 Å². The number of para-hydroxylation sites is 2. The quantitative estimate of drug-likeness (QED) is 0.789. The average Bonchev–Trinajstić information content (AvgIpc) is 2.98. The SMILES string of the molecule is CC(=O)N1c2ccccc2SC1c1ccccc1OCCCC(=O)O. The van der Waals surface area contributed by atoms with E-state index in [-0.39, 0.29) is 17.7 Å². The Morgan fingerprint density at radius 1 is 1.16 bits per heavy atom. The van der Waals surface area contributed by atoms with Gasteiger partial charge in [0.25, 0.3) is 0 Å². The first-order valence-electron chi connectivity index (χ1n) is 8.07. The number of benzene rings is 2. The molecule has 0 radical (unpaired) electrons. The van der Waals surface area contributed by atoms with Crippen molar-refractivity contribution in [3.63, 3.8) is 0 Å². The van der Waals surface area contributed by atoms with Crippen LogP contribution in [0.3, 0.4) is 0 Å². The molecule has 0 spiro atoms. The van der Waals surface area contributed by atoms with Crippen molar-refractivity contribution in [1.29, 1.82) is 0 Å². The molecule has 0 bridgehead atoms. The molecule has 1 atom stereocenters. The summed E-state index contributed by atoms with van der Waals surface area (Å²) in [5.41, 5.74) is 1.82. The molecular weight excluding hydrogens is 338 g/mol. The Balaban J connectivity index is 1.84. The van der Waals surface area contributed by atoms with Gasteiger partial charge < -0.3 is 9.84 Å². The second kappa shape index (κ2) is 7.61. The van der Waals surface area contributed by atoms with Gasteiger partial charge in [-0.3, -0.25) is 14.5 Å². The molecule has 6 heteroatoms. The smallest absolute Gasteiger partial charge is 0.303 e. The summed E-state index contributed by atoms with van der Waals surface area (Å²) >= 11 is 1.61. The summed E-state index contributed by atoms with van der Waals surface area (Å²) in [6.07, 6.45) is 0.517. The van der Waals surface area contributed by atoms with Crippen LogP contribution >= 0.6 is 11.8 Å². The van der Waals surface area contributed by atoms with Crippen LogP contribution < -0.4 is 9.64 Å². The number of rotatable bonds is 6. The van der Waals surface area contributed by atoms with Gasteiger partial charge in [-0.2, -0.15) is 0 Å². The molecule has 1 N–H and O–H groups in total. The second-order valence-electron chi connectivity index (χ2n) is 5.71. The number of thioether (sulfide) groups is 1. The molecule has 3 rings (SSSR count). The van der Waals surface area contributed by atoms with E-state index in [1.54, 1.807) is 23.6 Å². The molecule has 0 aliphatic carbocycles. The highest BCUT2D eigenvalue weighted by Crippen LogP contribution is 2.52. The summed E-state index contributed by atoms with van der Waals surface area (Å²) in [6.45, 7) is 1.89. The molecule has 2 aromatic carbocycles. The summed E-state index contributed by atoms with van der Waals surface area (Å²) in [5, 5.41) is 8.54. The monoisotopic (exact) mass is 357 g/mol. The first kappa shape index (κ1) is 17.4. The highest BCUT2D eigenvalue weighted by atomic mass is 32.2. The van der Waals surface area contributed by atoms with Crippen LogP contribution in [0, 0.1) is 0 Å². The zero-order valence-electron chi connectivity index (χ0n) is 13.8. The standard InChI is InChI=1S/C19H19NO4S/c1-13(21)20-15-8-3-5-10-17(15)25-19(20)14-7-2-4-9-16(14)24-12-6-11-18(22)23/h2-5,7-10,19H,6,11-12H2,1H3,(H,22,23). The summed E-state index contributed by atoms with van der Waals surface area (Å²) in [7, 11) is 0. The van der Waals surface area contributed by atoms with Crippen LogP contribution in [0.15, 0.2) is 53.4 Å². The van der Waals surface area contributed by atoms with Crippen molar-refractivity contribution in [3.8, 4) is 5.75 Å². The lowest BCUT2D eigenvalue weighted by Crippen LogP contribution is -2.28. The van der Waals surface area contributed by atoms with Gasteiger partial charge in [0.15, 0.2) is 0 Å². The van der Waals surface area contributed by atoms with Crippen LogP contribution in [0.2, 0.25) is 0 Å². The number of amides is 1. The Kier molecular flexibility index (Phi) is 5.28. The van der Waals surface area contributed by atoms with E-state index < -0.39 is 5.97 Å². The van der Waals surface area contributed by atoms with Gasteiger partial charge >= 0.3 is 5.97 Å². The summed E-state index contributed by atoms with van der Waals surface area (Å²) in [5.74, 6) is -0.172. The van der Waals surface area contributed by atoms with Crippen molar-refractivity contribution < 1.29 is 19.4 Å². The number of aliphatic carboxylic acids is 1. The van der Waals surface area contributed by atoms with Gasteiger partial charge in [-0.05, 0) is 24.6 Å². The molecule has 2 aromatic rings. The molecular formula is C19H19NO4S. The number of nitrogens with zero attached hydrogens (tertiary/aromatic N) is 1. The highest BCUT2D eigenvalue weighted by molar-refractivity contribution is 8.00. The Hall–Kier alpha value is -2.47. The van der Waals surface area contributed by atoms with Crippen molar-refractivity contribution in [2.45, 2.75) is 30.0 Å². The summed E-state index contributed by atoms with van der Waals surface area (Å²) in [6, 6.07) is 15.4. The first-order valence-corrected chi connectivity index (χ1v) is 8.95. The Morgan fingerprint density at radius 2 is 1.88 bits per heavy atom. The molecule has 1 aliphatic rings. The number of ether oxygens (including phenoxy) is 1. The zero-order chi connectivity index (χ0) is 17.8. The normalized spacial score (nSPS) is 15.7. The van der Waals surface area contributed by atoms with Gasteiger partial charge in [-0.25, -0.2) is 0 Å². The molecule has 0 saturated carbocycles. The molecule has 0 aromatic heterocycles. The third-order valence-corrected chi connectivity index (χ3v) is 5.20. The maximum Gasteiger partial charge on any atom is 0.303 e. The number of hydrogen-bond acceptors (Lipinski definition) is 4. The number of carboxylic acids is 1. The van der Waals surface area contributed by atoms with E-state index in [0.29, 0.717) is 18.8 Å². The van der Waals surface area contributed by atoms with Crippen molar-refractivity contribution in [2.24, 2.45) is 0 Å². The Labute approximate surface area is 150 Å². The molecule has 130 valence electrons. The fourth-order valence-corrected chi connectivity index (χ4v) is 4.19. The van der Waals surface area contributed by atoms with Gasteiger partial charge in [-0.1, -0.05) is 42.1 Å². The molecule has 1 aliphatic heterocycles. The lowest BCUT2D eigenvalue weighted by molar-refractivity contribution is -0.137. The van der Waals surface area contributed by atoms with E-state index in [1.807, 2.05) is 48.5 Å². The van der Waals surface area contributed by atoms with E-state index >= 15 is 0 Å². The van der Waals surface area contributed by atoms with Gasteiger partial charge in [0, 0.05) is 23.8 Å². The third-order valence-electron chi connectivity index (χ3n) is 3.91. The van der Waals surface area contributed by atoms with Crippen LogP contribution in [0.5, 0.6) is 5.75 Å². The van der Waals surface area contributed by atoms with E-state index in [9.17, 15) is 9.59 Å². The third kappa shape index (κ3) is 3.79. The minimum atomic E-state index is -0.832. The molecule has 1 amide bonds. The zero-order valence-corrected chi connectivity index (χ0v) is 14.7. The summed E-state index contributed by atoms with van der Waals surface area (Å²) < 4.78 is 5.81. The fraction of sp³-hybridized carbons (Fsp3) is 0.263. The molecule has 5 nitrogen and oxygen atoms in total. The topological polar surface area (TPSA) is 66.8 Å². The maximum atomic E-state index is 12.2. The van der Waals surface area contributed by atoms with Crippen LogP contribution in [-0.2, 0) is 9.59 Å². The van der Waals surface area contributed by atoms with Crippen LogP contribution in [0.25, 0.3) is 0 Å². The fourth-order valence-electron chi connectivity index (χ4n) is 2.81. The van der Waals surface area contributed by atoms with E-state index in [2.05, 4.69) is 0 Å². The summed E-state index contributed by atoms with van der Waals surface area (Å²) in [4.78, 5) is 25.7. The highest BCUT2D eigenvalue weighted by Gasteiger charge is 2.35. The van der Waals surface area contributed by atoms with E-state index in [1.165, 1.54) is 0 Å². The van der Waals surface area contributed by atoms with Gasteiger partial charge in [0.1, 0.15) is 11.1 Å². The number of carbonyl (C=O) groups is 2.